The molecule has 1 saturated heterocycles. The van der Waals surface area contributed by atoms with Crippen molar-refractivity contribution in [3.8, 4) is 5.75 Å². The lowest BCUT2D eigenvalue weighted by molar-refractivity contribution is -0.137. The molecule has 0 saturated carbocycles. The van der Waals surface area contributed by atoms with E-state index in [9.17, 15) is 9.59 Å². The number of nitrogens with zero attached hydrogens (tertiary/aromatic N) is 1. The number of aryl methyl sites for hydroxylation is 1. The summed E-state index contributed by atoms with van der Waals surface area (Å²) in [4.78, 5) is 25.8. The Morgan fingerprint density at radius 3 is 2.70 bits per heavy atom. The number of amides is 2. The molecule has 7 heteroatoms. The van der Waals surface area contributed by atoms with Gasteiger partial charge in [0, 0.05) is 47.6 Å². The molecule has 1 N–H and O–H groups in total. The normalized spacial score (nSPS) is 18.2. The van der Waals surface area contributed by atoms with Crippen molar-refractivity contribution in [3.63, 3.8) is 0 Å². The Morgan fingerprint density at radius 2 is 1.93 bits per heavy atom. The quantitative estimate of drug-likeness (QED) is 0.484. The highest BCUT2D eigenvalue weighted by molar-refractivity contribution is 7.99. The van der Waals surface area contributed by atoms with Gasteiger partial charge in [0.15, 0.2) is 0 Å². The van der Waals surface area contributed by atoms with Crippen molar-refractivity contribution in [3.05, 3.63) is 58.1 Å². The second-order valence-electron chi connectivity index (χ2n) is 7.59. The van der Waals surface area contributed by atoms with Crippen molar-refractivity contribution in [2.45, 2.75) is 43.2 Å². The second-order valence-corrected chi connectivity index (χ2v) is 9.16. The zero-order chi connectivity index (χ0) is 21.1. The fourth-order valence-electron chi connectivity index (χ4n) is 4.10. The number of methoxy groups -OCH3 is 1. The van der Waals surface area contributed by atoms with E-state index in [-0.39, 0.29) is 11.8 Å². The molecule has 0 spiro atoms. The number of hydrogen-bond donors (Lipinski definition) is 1. The van der Waals surface area contributed by atoms with Gasteiger partial charge in [0.25, 0.3) is 0 Å². The van der Waals surface area contributed by atoms with Crippen LogP contribution >= 0.6 is 23.4 Å². The summed E-state index contributed by atoms with van der Waals surface area (Å²) in [6.07, 6.45) is 2.81. The molecule has 2 aliphatic rings. The predicted octanol–water partition coefficient (Wildman–Crippen LogP) is 4.37. The third kappa shape index (κ3) is 4.66. The molecule has 1 aliphatic carbocycles. The molecule has 4 rings (SSSR count). The van der Waals surface area contributed by atoms with Crippen LogP contribution in [0.1, 0.15) is 42.0 Å². The molecule has 0 bridgehead atoms. The third-order valence-corrected chi connectivity index (χ3v) is 6.96. The summed E-state index contributed by atoms with van der Waals surface area (Å²) in [5.74, 6) is 1.35. The predicted molar refractivity (Wildman–Crippen MR) is 119 cm³/mol. The van der Waals surface area contributed by atoms with Crippen LogP contribution in [-0.4, -0.2) is 36.1 Å². The number of fused-ring (bicyclic) bond motifs is 1. The Labute approximate surface area is 186 Å². The molecular formula is C23H25ClN2O3S. The minimum absolute atomic E-state index is 0.0651. The molecule has 0 unspecified atom stereocenters. The van der Waals surface area contributed by atoms with Crippen LogP contribution in [0.2, 0.25) is 5.02 Å². The number of rotatable bonds is 8. The molecule has 2 aromatic rings. The van der Waals surface area contributed by atoms with Gasteiger partial charge in [-0.1, -0.05) is 23.7 Å². The summed E-state index contributed by atoms with van der Waals surface area (Å²) in [6.45, 7) is 1.20. The van der Waals surface area contributed by atoms with Crippen LogP contribution in [0.15, 0.2) is 41.3 Å². The van der Waals surface area contributed by atoms with E-state index in [1.54, 1.807) is 18.9 Å². The first-order valence-electron chi connectivity index (χ1n) is 10.2. The van der Waals surface area contributed by atoms with Gasteiger partial charge >= 0.3 is 0 Å². The molecule has 1 fully saturated rings. The highest BCUT2D eigenvalue weighted by Gasteiger charge is 2.28. The molecule has 1 aliphatic heterocycles. The van der Waals surface area contributed by atoms with E-state index in [4.69, 9.17) is 16.3 Å². The van der Waals surface area contributed by atoms with Gasteiger partial charge in [0.1, 0.15) is 5.75 Å². The summed E-state index contributed by atoms with van der Waals surface area (Å²) in [5.41, 5.74) is 3.83. The van der Waals surface area contributed by atoms with Gasteiger partial charge in [0.05, 0.1) is 7.11 Å². The van der Waals surface area contributed by atoms with E-state index >= 15 is 0 Å². The molecule has 1 atom stereocenters. The van der Waals surface area contributed by atoms with Crippen LogP contribution in [-0.2, 0) is 22.6 Å². The number of ether oxygens (including phenoxy) is 1. The van der Waals surface area contributed by atoms with Gasteiger partial charge in [-0.3, -0.25) is 14.5 Å². The highest BCUT2D eigenvalue weighted by Crippen LogP contribution is 2.34. The van der Waals surface area contributed by atoms with E-state index in [0.717, 1.165) is 40.6 Å². The molecule has 0 aromatic heterocycles. The van der Waals surface area contributed by atoms with Crippen LogP contribution in [0.5, 0.6) is 5.75 Å². The number of hydrogen-bond acceptors (Lipinski definition) is 5. The van der Waals surface area contributed by atoms with Crippen molar-refractivity contribution >= 4 is 35.2 Å². The standard InChI is InChI=1S/C23H25ClN2O3S/c1-29-20-12-15(14-25-19-6-3-16-13-17(24)4-5-18(16)19)2-7-21(20)30-11-10-26-22(27)8-9-23(26)28/h2,4-5,7,12-13,19,25H,3,6,8-11,14H2,1H3/t19-/m0/s1. The first-order valence-corrected chi connectivity index (χ1v) is 11.6. The Morgan fingerprint density at radius 1 is 1.13 bits per heavy atom. The van der Waals surface area contributed by atoms with E-state index in [1.807, 2.05) is 6.07 Å². The minimum atomic E-state index is -0.0651. The monoisotopic (exact) mass is 444 g/mol. The van der Waals surface area contributed by atoms with Gasteiger partial charge in [-0.2, -0.15) is 0 Å². The van der Waals surface area contributed by atoms with E-state index < -0.39 is 0 Å². The topological polar surface area (TPSA) is 58.6 Å². The lowest BCUT2D eigenvalue weighted by Gasteiger charge is -2.16. The summed E-state index contributed by atoms with van der Waals surface area (Å²) >= 11 is 7.71. The maximum absolute atomic E-state index is 11.7. The van der Waals surface area contributed by atoms with Crippen molar-refractivity contribution in [2.75, 3.05) is 19.4 Å². The number of carbonyl (C=O) groups excluding carboxylic acids is 2. The van der Waals surface area contributed by atoms with E-state index in [2.05, 4.69) is 35.6 Å². The Bertz CT molecular complexity index is 949. The smallest absolute Gasteiger partial charge is 0.229 e. The molecule has 2 aromatic carbocycles. The zero-order valence-electron chi connectivity index (χ0n) is 16.9. The van der Waals surface area contributed by atoms with E-state index in [0.29, 0.717) is 31.2 Å². The number of imide groups is 1. The molecule has 30 heavy (non-hydrogen) atoms. The van der Waals surface area contributed by atoms with Crippen LogP contribution < -0.4 is 10.1 Å². The number of benzene rings is 2. The first-order chi connectivity index (χ1) is 14.5. The Hall–Kier alpha value is -2.02. The number of carbonyl (C=O) groups is 2. The molecule has 0 radical (unpaired) electrons. The van der Waals surface area contributed by atoms with Crippen LogP contribution in [0.25, 0.3) is 0 Å². The SMILES string of the molecule is COc1cc(CN[C@H]2CCc3cc(Cl)ccc32)ccc1SCCN1C(=O)CCC1=O. The van der Waals surface area contributed by atoms with Gasteiger partial charge in [-0.25, -0.2) is 0 Å². The number of halogens is 1. The number of nitrogens with one attached hydrogen (secondary N) is 1. The summed E-state index contributed by atoms with van der Waals surface area (Å²) in [6, 6.07) is 12.7. The molecule has 158 valence electrons. The highest BCUT2D eigenvalue weighted by atomic mass is 35.5. The lowest BCUT2D eigenvalue weighted by atomic mass is 10.1. The largest absolute Gasteiger partial charge is 0.496 e. The van der Waals surface area contributed by atoms with Crippen molar-refractivity contribution in [2.24, 2.45) is 0 Å². The molecular weight excluding hydrogens is 420 g/mol. The number of thioether (sulfide) groups is 1. The second kappa shape index (κ2) is 9.41. The summed E-state index contributed by atoms with van der Waals surface area (Å²) in [5, 5.41) is 4.44. The maximum Gasteiger partial charge on any atom is 0.229 e. The molecule has 1 heterocycles. The summed E-state index contributed by atoms with van der Waals surface area (Å²) in [7, 11) is 1.67. The van der Waals surface area contributed by atoms with Crippen LogP contribution in [0.3, 0.4) is 0 Å². The maximum atomic E-state index is 11.7. The van der Waals surface area contributed by atoms with Crippen molar-refractivity contribution in [1.29, 1.82) is 0 Å². The molecule has 2 amide bonds. The fourth-order valence-corrected chi connectivity index (χ4v) is 5.24. The van der Waals surface area contributed by atoms with Crippen LogP contribution in [0, 0.1) is 0 Å². The van der Waals surface area contributed by atoms with Crippen molar-refractivity contribution < 1.29 is 14.3 Å². The van der Waals surface area contributed by atoms with E-state index in [1.165, 1.54) is 16.0 Å². The van der Waals surface area contributed by atoms with Crippen LogP contribution in [0.4, 0.5) is 0 Å². The average Bonchev–Trinajstić information content (AvgIpc) is 3.29. The number of likely N-dealkylation sites (tertiary alicyclic amines) is 1. The fraction of sp³-hybridized carbons (Fsp3) is 0.391. The average molecular weight is 445 g/mol. The van der Waals surface area contributed by atoms with Gasteiger partial charge < -0.3 is 10.1 Å². The van der Waals surface area contributed by atoms with Gasteiger partial charge in [0.2, 0.25) is 11.8 Å². The van der Waals surface area contributed by atoms with Gasteiger partial charge in [-0.15, -0.1) is 11.8 Å². The van der Waals surface area contributed by atoms with Crippen molar-refractivity contribution in [1.82, 2.24) is 10.2 Å². The lowest BCUT2D eigenvalue weighted by Crippen LogP contribution is -2.31. The van der Waals surface area contributed by atoms with Gasteiger partial charge in [-0.05, 0) is 53.8 Å². The third-order valence-electron chi connectivity index (χ3n) is 5.69. The minimum Gasteiger partial charge on any atom is -0.496 e. The first kappa shape index (κ1) is 21.2. The summed E-state index contributed by atoms with van der Waals surface area (Å²) < 4.78 is 5.58. The molecule has 5 nitrogen and oxygen atoms in total. The zero-order valence-corrected chi connectivity index (χ0v) is 18.5. The Kier molecular flexibility index (Phi) is 6.66. The Balaban J connectivity index is 1.33.